The Labute approximate surface area is 165 Å². The van der Waals surface area contributed by atoms with Gasteiger partial charge in [0, 0.05) is 11.3 Å². The smallest absolute Gasteiger partial charge is 0.338 e. The van der Waals surface area contributed by atoms with E-state index < -0.39 is 12.0 Å². The Hall–Kier alpha value is -3.15. The van der Waals surface area contributed by atoms with Gasteiger partial charge in [-0.25, -0.2) is 4.79 Å². The van der Waals surface area contributed by atoms with Crippen LogP contribution in [0.3, 0.4) is 0 Å². The summed E-state index contributed by atoms with van der Waals surface area (Å²) in [5.41, 5.74) is 2.86. The Bertz CT molecular complexity index is 890. The van der Waals surface area contributed by atoms with Gasteiger partial charge in [0.2, 0.25) is 5.91 Å². The molecular weight excluding hydrogens is 356 g/mol. The van der Waals surface area contributed by atoms with Crippen LogP contribution in [-0.2, 0) is 9.53 Å². The van der Waals surface area contributed by atoms with E-state index in [-0.39, 0.29) is 17.7 Å². The number of rotatable bonds is 6. The largest absolute Gasteiger partial charge is 0.465 e. The van der Waals surface area contributed by atoms with Crippen LogP contribution in [0.15, 0.2) is 42.5 Å². The molecule has 0 aliphatic carbocycles. The van der Waals surface area contributed by atoms with Crippen molar-refractivity contribution in [1.82, 2.24) is 5.32 Å². The van der Waals surface area contributed by atoms with Gasteiger partial charge in [-0.15, -0.1) is 0 Å². The van der Waals surface area contributed by atoms with Crippen LogP contribution in [-0.4, -0.2) is 30.9 Å². The Kier molecular flexibility index (Phi) is 6.93. The summed E-state index contributed by atoms with van der Waals surface area (Å²) in [6, 6.07) is 11.5. The Balaban J connectivity index is 2.21. The Morgan fingerprint density at radius 2 is 1.57 bits per heavy atom. The highest BCUT2D eigenvalue weighted by atomic mass is 16.5. The monoisotopic (exact) mass is 382 g/mol. The lowest BCUT2D eigenvalue weighted by molar-refractivity contribution is -0.118. The number of nitrogens with one attached hydrogen (secondary N) is 2. The molecule has 0 saturated heterocycles. The number of carbonyl (C=O) groups excluding carboxylic acids is 3. The molecule has 0 radical (unpaired) electrons. The average Bonchev–Trinajstić information content (AvgIpc) is 2.66. The topological polar surface area (TPSA) is 84.5 Å². The summed E-state index contributed by atoms with van der Waals surface area (Å²) in [7, 11) is 1.31. The molecule has 2 amide bonds. The van der Waals surface area contributed by atoms with Gasteiger partial charge in [-0.05, 0) is 49.1 Å². The van der Waals surface area contributed by atoms with E-state index in [9.17, 15) is 14.4 Å². The highest BCUT2D eigenvalue weighted by molar-refractivity contribution is 6.03. The van der Waals surface area contributed by atoms with Crippen LogP contribution < -0.4 is 10.6 Å². The second-order valence-electron chi connectivity index (χ2n) is 6.97. The summed E-state index contributed by atoms with van der Waals surface area (Å²) in [6.45, 7) is 7.30. The predicted octanol–water partition coefficient (Wildman–Crippen LogP) is 3.48. The molecule has 6 heteroatoms. The minimum Gasteiger partial charge on any atom is -0.465 e. The van der Waals surface area contributed by atoms with Crippen molar-refractivity contribution in [2.24, 2.45) is 5.92 Å². The average molecular weight is 382 g/mol. The molecule has 6 nitrogen and oxygen atoms in total. The summed E-state index contributed by atoms with van der Waals surface area (Å²) >= 11 is 0. The third-order valence-corrected chi connectivity index (χ3v) is 4.62. The number of anilines is 1. The normalized spacial score (nSPS) is 11.6. The first-order valence-corrected chi connectivity index (χ1v) is 9.11. The van der Waals surface area contributed by atoms with Gasteiger partial charge in [-0.3, -0.25) is 9.59 Å². The molecule has 0 aromatic heterocycles. The second kappa shape index (κ2) is 9.17. The zero-order valence-electron chi connectivity index (χ0n) is 16.8. The number of esters is 1. The van der Waals surface area contributed by atoms with Crippen molar-refractivity contribution in [2.45, 2.75) is 33.7 Å². The minimum atomic E-state index is -0.728. The number of aryl methyl sites for hydroxylation is 1. The zero-order chi connectivity index (χ0) is 20.8. The molecule has 2 aromatic rings. The van der Waals surface area contributed by atoms with Crippen LogP contribution >= 0.6 is 0 Å². The van der Waals surface area contributed by atoms with Gasteiger partial charge in [0.25, 0.3) is 5.91 Å². The summed E-state index contributed by atoms with van der Waals surface area (Å²) in [4.78, 5) is 37.4. The van der Waals surface area contributed by atoms with E-state index in [1.165, 1.54) is 7.11 Å². The molecule has 0 aliphatic rings. The highest BCUT2D eigenvalue weighted by Crippen LogP contribution is 2.20. The summed E-state index contributed by atoms with van der Waals surface area (Å²) in [5, 5.41) is 5.64. The molecule has 0 spiro atoms. The molecule has 2 N–H and O–H groups in total. The third kappa shape index (κ3) is 4.76. The van der Waals surface area contributed by atoms with Gasteiger partial charge in [0.1, 0.15) is 6.04 Å². The van der Waals surface area contributed by atoms with Crippen LogP contribution in [0.2, 0.25) is 0 Å². The molecule has 2 aromatic carbocycles. The second-order valence-corrected chi connectivity index (χ2v) is 6.97. The van der Waals surface area contributed by atoms with Crippen molar-refractivity contribution in [2.75, 3.05) is 12.4 Å². The van der Waals surface area contributed by atoms with Gasteiger partial charge >= 0.3 is 5.97 Å². The van der Waals surface area contributed by atoms with Gasteiger partial charge in [-0.2, -0.15) is 0 Å². The Morgan fingerprint density at radius 3 is 2.18 bits per heavy atom. The number of hydrogen-bond acceptors (Lipinski definition) is 4. The molecule has 2 rings (SSSR count). The number of ether oxygens (including phenoxy) is 1. The van der Waals surface area contributed by atoms with E-state index in [0.29, 0.717) is 22.4 Å². The maximum absolute atomic E-state index is 12.9. The molecule has 0 bridgehead atoms. The van der Waals surface area contributed by atoms with Gasteiger partial charge in [0.15, 0.2) is 0 Å². The maximum Gasteiger partial charge on any atom is 0.338 e. The first-order chi connectivity index (χ1) is 13.3. The van der Waals surface area contributed by atoms with Gasteiger partial charge in [0.05, 0.1) is 12.7 Å². The SMILES string of the molecule is COC(=O)c1cccc(NC(=O)C(NC(=O)c2ccccc2C)C(C)C)c1C. The van der Waals surface area contributed by atoms with Crippen LogP contribution in [0.4, 0.5) is 5.69 Å². The molecule has 1 atom stereocenters. The molecule has 0 aliphatic heterocycles. The van der Waals surface area contributed by atoms with Gasteiger partial charge < -0.3 is 15.4 Å². The van der Waals surface area contributed by atoms with Crippen molar-refractivity contribution >= 4 is 23.5 Å². The number of amides is 2. The molecule has 0 heterocycles. The first-order valence-electron chi connectivity index (χ1n) is 9.11. The van der Waals surface area contributed by atoms with Crippen LogP contribution in [0.25, 0.3) is 0 Å². The fraction of sp³-hybridized carbons (Fsp3) is 0.318. The molecule has 148 valence electrons. The number of carbonyl (C=O) groups is 3. The lowest BCUT2D eigenvalue weighted by Crippen LogP contribution is -2.47. The predicted molar refractivity (Wildman–Crippen MR) is 108 cm³/mol. The summed E-state index contributed by atoms with van der Waals surface area (Å²) in [6.07, 6.45) is 0. The fourth-order valence-corrected chi connectivity index (χ4v) is 2.89. The lowest BCUT2D eigenvalue weighted by Gasteiger charge is -2.23. The van der Waals surface area contributed by atoms with E-state index in [0.717, 1.165) is 5.56 Å². The fourth-order valence-electron chi connectivity index (χ4n) is 2.89. The van der Waals surface area contributed by atoms with E-state index in [2.05, 4.69) is 10.6 Å². The summed E-state index contributed by atoms with van der Waals surface area (Å²) in [5.74, 6) is -1.24. The minimum absolute atomic E-state index is 0.128. The molecule has 1 unspecified atom stereocenters. The summed E-state index contributed by atoms with van der Waals surface area (Å²) < 4.78 is 4.77. The zero-order valence-corrected chi connectivity index (χ0v) is 16.8. The van der Waals surface area contributed by atoms with E-state index in [4.69, 9.17) is 4.74 Å². The molecular formula is C22H26N2O4. The number of benzene rings is 2. The van der Waals surface area contributed by atoms with Crippen molar-refractivity contribution in [1.29, 1.82) is 0 Å². The van der Waals surface area contributed by atoms with Crippen LogP contribution in [0.5, 0.6) is 0 Å². The molecule has 0 saturated carbocycles. The molecule has 0 fully saturated rings. The lowest BCUT2D eigenvalue weighted by atomic mass is 10.0. The maximum atomic E-state index is 12.9. The van der Waals surface area contributed by atoms with E-state index >= 15 is 0 Å². The Morgan fingerprint density at radius 1 is 0.929 bits per heavy atom. The van der Waals surface area contributed by atoms with E-state index in [1.54, 1.807) is 37.3 Å². The standard InChI is InChI=1S/C22H26N2O4/c1-13(2)19(24-20(25)16-10-7-6-9-14(16)3)21(26)23-18-12-8-11-17(15(18)4)22(27)28-5/h6-13,19H,1-5H3,(H,23,26)(H,24,25). The highest BCUT2D eigenvalue weighted by Gasteiger charge is 2.26. The number of hydrogen-bond donors (Lipinski definition) is 2. The van der Waals surface area contributed by atoms with E-state index in [1.807, 2.05) is 32.9 Å². The molecule has 28 heavy (non-hydrogen) atoms. The van der Waals surface area contributed by atoms with Crippen LogP contribution in [0.1, 0.15) is 45.7 Å². The number of methoxy groups -OCH3 is 1. The van der Waals surface area contributed by atoms with Crippen molar-refractivity contribution in [3.05, 3.63) is 64.7 Å². The third-order valence-electron chi connectivity index (χ3n) is 4.62. The van der Waals surface area contributed by atoms with Crippen molar-refractivity contribution in [3.63, 3.8) is 0 Å². The van der Waals surface area contributed by atoms with Crippen molar-refractivity contribution < 1.29 is 19.1 Å². The van der Waals surface area contributed by atoms with Crippen molar-refractivity contribution in [3.8, 4) is 0 Å². The quantitative estimate of drug-likeness (QED) is 0.749. The van der Waals surface area contributed by atoms with Crippen LogP contribution in [0, 0.1) is 19.8 Å². The van der Waals surface area contributed by atoms with Gasteiger partial charge in [-0.1, -0.05) is 38.1 Å². The first kappa shape index (κ1) is 21.2.